The molecule has 0 aromatic rings. The van der Waals surface area contributed by atoms with E-state index in [1.807, 2.05) is 0 Å². The van der Waals surface area contributed by atoms with Crippen LogP contribution >= 0.6 is 0 Å². The molecular weight excluding hydrogens is 152 g/mol. The molecule has 2 nitrogen and oxygen atoms in total. The molecule has 0 radical (unpaired) electrons. The van der Waals surface area contributed by atoms with Crippen molar-refractivity contribution in [3.05, 3.63) is 12.7 Å². The van der Waals surface area contributed by atoms with Crippen LogP contribution in [0.15, 0.2) is 12.7 Å². The smallest absolute Gasteiger partial charge is 0.130 e. The molecule has 0 spiro atoms. The van der Waals surface area contributed by atoms with Gasteiger partial charge in [0, 0.05) is 12.8 Å². The fourth-order valence-corrected chi connectivity index (χ4v) is 1.29. The summed E-state index contributed by atoms with van der Waals surface area (Å²) in [7, 11) is 0. The summed E-state index contributed by atoms with van der Waals surface area (Å²) in [4.78, 5) is 21.5. The van der Waals surface area contributed by atoms with Gasteiger partial charge in [0.25, 0.3) is 0 Å². The second-order valence-electron chi connectivity index (χ2n) is 3.20. The number of allylic oxidation sites excluding steroid dienone is 1. The van der Waals surface area contributed by atoms with E-state index in [4.69, 9.17) is 0 Å². The van der Waals surface area contributed by atoms with Gasteiger partial charge in [0.05, 0.1) is 0 Å². The second kappa shape index (κ2) is 5.70. The minimum atomic E-state index is 0.142. The maximum atomic E-state index is 10.8. The fraction of sp³-hybridized carbons (Fsp3) is 0.600. The standard InChI is InChI=1S/C10H16O2/c1-4-5-10(6-8(2)11)7-9(3)12/h4,10H,1,5-7H2,2-3H3. The molecule has 0 N–H and O–H groups in total. The van der Waals surface area contributed by atoms with Crippen LogP contribution in [0, 0.1) is 5.92 Å². The number of hydrogen-bond donors (Lipinski definition) is 0. The van der Waals surface area contributed by atoms with Crippen molar-refractivity contribution in [3.63, 3.8) is 0 Å². The Labute approximate surface area is 73.7 Å². The molecule has 0 aromatic carbocycles. The van der Waals surface area contributed by atoms with Crippen molar-refractivity contribution in [1.29, 1.82) is 0 Å². The third-order valence-electron chi connectivity index (χ3n) is 1.65. The lowest BCUT2D eigenvalue weighted by Gasteiger charge is -2.10. The zero-order valence-corrected chi connectivity index (χ0v) is 7.80. The molecule has 68 valence electrons. The van der Waals surface area contributed by atoms with Crippen LogP contribution in [0.5, 0.6) is 0 Å². The second-order valence-corrected chi connectivity index (χ2v) is 3.20. The van der Waals surface area contributed by atoms with Crippen LogP contribution in [-0.2, 0) is 9.59 Å². The summed E-state index contributed by atoms with van der Waals surface area (Å²) in [6.45, 7) is 6.70. The molecule has 0 bridgehead atoms. The first kappa shape index (κ1) is 11.1. The highest BCUT2D eigenvalue weighted by molar-refractivity contribution is 5.79. The van der Waals surface area contributed by atoms with Gasteiger partial charge in [-0.2, -0.15) is 0 Å². The van der Waals surface area contributed by atoms with Crippen molar-refractivity contribution in [1.82, 2.24) is 0 Å². The highest BCUT2D eigenvalue weighted by atomic mass is 16.1. The molecule has 0 heterocycles. The normalized spacial score (nSPS) is 9.92. The third kappa shape index (κ3) is 5.83. The Morgan fingerprint density at radius 1 is 1.25 bits per heavy atom. The molecule has 2 heteroatoms. The van der Waals surface area contributed by atoms with Gasteiger partial charge in [0.1, 0.15) is 11.6 Å². The summed E-state index contributed by atoms with van der Waals surface area (Å²) < 4.78 is 0. The monoisotopic (exact) mass is 168 g/mol. The van der Waals surface area contributed by atoms with Crippen LogP contribution in [0.4, 0.5) is 0 Å². The molecule has 0 atom stereocenters. The number of carbonyl (C=O) groups excluding carboxylic acids is 2. The van der Waals surface area contributed by atoms with Crippen molar-refractivity contribution in [3.8, 4) is 0 Å². The van der Waals surface area contributed by atoms with Gasteiger partial charge >= 0.3 is 0 Å². The van der Waals surface area contributed by atoms with Crippen molar-refractivity contribution < 1.29 is 9.59 Å². The van der Waals surface area contributed by atoms with E-state index in [1.165, 1.54) is 0 Å². The Morgan fingerprint density at radius 3 is 1.92 bits per heavy atom. The molecule has 0 rings (SSSR count). The minimum absolute atomic E-state index is 0.142. The average molecular weight is 168 g/mol. The van der Waals surface area contributed by atoms with Crippen LogP contribution in [0.2, 0.25) is 0 Å². The van der Waals surface area contributed by atoms with E-state index in [0.717, 1.165) is 6.42 Å². The van der Waals surface area contributed by atoms with E-state index in [-0.39, 0.29) is 17.5 Å². The maximum Gasteiger partial charge on any atom is 0.130 e. The lowest BCUT2D eigenvalue weighted by atomic mass is 9.94. The Morgan fingerprint density at radius 2 is 1.67 bits per heavy atom. The van der Waals surface area contributed by atoms with Gasteiger partial charge in [-0.1, -0.05) is 6.08 Å². The van der Waals surface area contributed by atoms with E-state index in [0.29, 0.717) is 12.8 Å². The molecule has 0 aliphatic carbocycles. The Hall–Kier alpha value is -0.920. The summed E-state index contributed by atoms with van der Waals surface area (Å²) in [5.74, 6) is 0.448. The summed E-state index contributed by atoms with van der Waals surface area (Å²) >= 11 is 0. The van der Waals surface area contributed by atoms with Crippen LogP contribution in [0.1, 0.15) is 33.1 Å². The van der Waals surface area contributed by atoms with Crippen molar-refractivity contribution in [2.24, 2.45) is 5.92 Å². The summed E-state index contributed by atoms with van der Waals surface area (Å²) in [5, 5.41) is 0. The number of carbonyl (C=O) groups is 2. The average Bonchev–Trinajstić information content (AvgIpc) is 1.84. The number of Topliss-reactive ketones (excluding diaryl/α,β-unsaturated/α-hetero) is 2. The largest absolute Gasteiger partial charge is 0.300 e. The first-order chi connectivity index (χ1) is 5.56. The van der Waals surface area contributed by atoms with E-state index < -0.39 is 0 Å². The molecule has 0 saturated heterocycles. The molecule has 0 saturated carbocycles. The Balaban J connectivity index is 3.93. The van der Waals surface area contributed by atoms with Crippen molar-refractivity contribution in [2.75, 3.05) is 0 Å². The predicted molar refractivity (Wildman–Crippen MR) is 48.9 cm³/mol. The number of rotatable bonds is 6. The SMILES string of the molecule is C=CCC(CC(C)=O)CC(C)=O. The first-order valence-corrected chi connectivity index (χ1v) is 4.16. The molecule has 0 aliphatic heterocycles. The lowest BCUT2D eigenvalue weighted by molar-refractivity contribution is -0.119. The van der Waals surface area contributed by atoms with E-state index >= 15 is 0 Å². The Kier molecular flexibility index (Phi) is 5.26. The number of ketones is 2. The predicted octanol–water partition coefficient (Wildman–Crippen LogP) is 2.14. The topological polar surface area (TPSA) is 34.1 Å². The molecule has 12 heavy (non-hydrogen) atoms. The zero-order valence-electron chi connectivity index (χ0n) is 7.80. The highest BCUT2D eigenvalue weighted by Gasteiger charge is 2.11. The summed E-state index contributed by atoms with van der Waals surface area (Å²) in [6.07, 6.45) is 3.49. The Bertz CT molecular complexity index is 166. The van der Waals surface area contributed by atoms with Crippen molar-refractivity contribution >= 4 is 11.6 Å². The van der Waals surface area contributed by atoms with Crippen LogP contribution in [0.25, 0.3) is 0 Å². The van der Waals surface area contributed by atoms with Crippen molar-refractivity contribution in [2.45, 2.75) is 33.1 Å². The molecule has 0 unspecified atom stereocenters. The van der Waals surface area contributed by atoms with E-state index in [1.54, 1.807) is 19.9 Å². The van der Waals surface area contributed by atoms with Gasteiger partial charge in [-0.15, -0.1) is 6.58 Å². The molecule has 0 aromatic heterocycles. The van der Waals surface area contributed by atoms with Gasteiger partial charge in [-0.05, 0) is 26.2 Å². The molecule has 0 amide bonds. The maximum absolute atomic E-state index is 10.8. The third-order valence-corrected chi connectivity index (χ3v) is 1.65. The van der Waals surface area contributed by atoms with Gasteiger partial charge in [0.2, 0.25) is 0 Å². The lowest BCUT2D eigenvalue weighted by Crippen LogP contribution is -2.09. The molecule has 0 aliphatic rings. The van der Waals surface area contributed by atoms with Crippen LogP contribution < -0.4 is 0 Å². The first-order valence-electron chi connectivity index (χ1n) is 4.16. The number of hydrogen-bond acceptors (Lipinski definition) is 2. The van der Waals surface area contributed by atoms with Gasteiger partial charge in [0.15, 0.2) is 0 Å². The minimum Gasteiger partial charge on any atom is -0.300 e. The summed E-state index contributed by atoms with van der Waals surface area (Å²) in [6, 6.07) is 0. The highest BCUT2D eigenvalue weighted by Crippen LogP contribution is 2.14. The summed E-state index contributed by atoms with van der Waals surface area (Å²) in [5.41, 5.74) is 0. The van der Waals surface area contributed by atoms with E-state index in [2.05, 4.69) is 6.58 Å². The quantitative estimate of drug-likeness (QED) is 0.569. The van der Waals surface area contributed by atoms with Gasteiger partial charge in [-0.3, -0.25) is 0 Å². The van der Waals surface area contributed by atoms with Crippen LogP contribution in [0.3, 0.4) is 0 Å². The zero-order chi connectivity index (χ0) is 9.56. The molecular formula is C10H16O2. The fourth-order valence-electron chi connectivity index (χ4n) is 1.29. The van der Waals surface area contributed by atoms with Crippen LogP contribution in [-0.4, -0.2) is 11.6 Å². The van der Waals surface area contributed by atoms with Gasteiger partial charge in [-0.25, -0.2) is 0 Å². The molecule has 0 fully saturated rings. The van der Waals surface area contributed by atoms with E-state index in [9.17, 15) is 9.59 Å². The van der Waals surface area contributed by atoms with Gasteiger partial charge < -0.3 is 9.59 Å².